The molecule has 4 aromatic carbocycles. The van der Waals surface area contributed by atoms with Gasteiger partial charge in [0.1, 0.15) is 28.1 Å². The minimum Gasteiger partial charge on any atom is -0.268 e. The third kappa shape index (κ3) is 2.21. The van der Waals surface area contributed by atoms with Crippen molar-refractivity contribution in [3.63, 3.8) is 0 Å². The highest BCUT2D eigenvalue weighted by molar-refractivity contribution is 6.27. The van der Waals surface area contributed by atoms with E-state index in [4.69, 9.17) is 6.57 Å². The van der Waals surface area contributed by atoms with Crippen LogP contribution in [0.3, 0.4) is 0 Å². The topological polar surface area (TPSA) is 96.9 Å². The number of nitrogens with zero attached hydrogens (tertiary/aromatic N) is 6. The lowest BCUT2D eigenvalue weighted by Crippen LogP contribution is -2.17. The van der Waals surface area contributed by atoms with Gasteiger partial charge in [0.2, 0.25) is 0 Å². The summed E-state index contributed by atoms with van der Waals surface area (Å²) in [6.07, 6.45) is 0. The molecular weight excluding hydrogens is 490 g/mol. The molecule has 4 aromatic heterocycles. The van der Waals surface area contributed by atoms with Crippen LogP contribution < -0.4 is 11.1 Å². The van der Waals surface area contributed by atoms with Crippen molar-refractivity contribution >= 4 is 71.4 Å². The molecule has 0 radical (unpaired) electrons. The van der Waals surface area contributed by atoms with Gasteiger partial charge in [0.15, 0.2) is 11.5 Å². The lowest BCUT2D eigenvalue weighted by molar-refractivity contribution is 0.635. The van der Waals surface area contributed by atoms with Crippen LogP contribution in [0.5, 0.6) is 0 Å². The number of hydrogen-bond donors (Lipinski definition) is 0. The van der Waals surface area contributed by atoms with Crippen LogP contribution in [0.4, 0.5) is 14.5 Å². The van der Waals surface area contributed by atoms with Gasteiger partial charge in [-0.25, -0.2) is 23.6 Å². The van der Waals surface area contributed by atoms with E-state index in [1.54, 1.807) is 24.3 Å². The Balaban J connectivity index is 1.65. The Labute approximate surface area is 208 Å². The van der Waals surface area contributed by atoms with Crippen molar-refractivity contribution in [1.82, 2.24) is 18.8 Å². The molecule has 4 heterocycles. The molecule has 8 nitrogen and oxygen atoms in total. The predicted molar refractivity (Wildman–Crippen MR) is 137 cm³/mol. The van der Waals surface area contributed by atoms with Crippen LogP contribution in [-0.2, 0) is 0 Å². The Kier molecular flexibility index (Phi) is 3.51. The van der Waals surface area contributed by atoms with Crippen molar-refractivity contribution in [2.75, 3.05) is 0 Å². The lowest BCUT2D eigenvalue weighted by Gasteiger charge is -2.12. The molecule has 0 unspecified atom stereocenters. The largest absolute Gasteiger partial charge is 0.268 e. The number of nitriles is 1. The minimum atomic E-state index is -0.745. The maximum Gasteiger partial charge on any atom is 0.264 e. The number of hydrogen-bond acceptors (Lipinski definition) is 5. The van der Waals surface area contributed by atoms with Gasteiger partial charge in [-0.1, -0.05) is 0 Å². The first-order valence-electron chi connectivity index (χ1n) is 11.3. The second kappa shape index (κ2) is 6.52. The Bertz CT molecular complexity index is 2420. The fourth-order valence-electron chi connectivity index (χ4n) is 5.66. The fraction of sp³-hybridized carbons (Fsp3) is 0. The SMILES string of the molecule is [C-]#[N+]c1cc(F)c2c(c1)nc1c3ccc4c(=O)n5c(nc6cc(C#N)cc(F)c65)c5ccc(c(=O)n12)c3c45. The summed E-state index contributed by atoms with van der Waals surface area (Å²) < 4.78 is 32.4. The average molecular weight is 498 g/mol. The first-order valence-corrected chi connectivity index (χ1v) is 11.3. The van der Waals surface area contributed by atoms with Crippen LogP contribution in [0.15, 0.2) is 58.1 Å². The van der Waals surface area contributed by atoms with Gasteiger partial charge in [0.25, 0.3) is 11.1 Å². The van der Waals surface area contributed by atoms with Crippen LogP contribution in [0.1, 0.15) is 5.56 Å². The maximum absolute atomic E-state index is 15.0. The number of halogens is 2. The van der Waals surface area contributed by atoms with Crippen molar-refractivity contribution in [2.24, 2.45) is 0 Å². The highest BCUT2D eigenvalue weighted by Crippen LogP contribution is 2.37. The van der Waals surface area contributed by atoms with Crippen molar-refractivity contribution in [3.8, 4) is 6.07 Å². The molecule has 0 aliphatic heterocycles. The normalized spacial score (nSPS) is 12.1. The summed E-state index contributed by atoms with van der Waals surface area (Å²) in [5.74, 6) is -1.48. The van der Waals surface area contributed by atoms with E-state index in [-0.39, 0.29) is 55.4 Å². The van der Waals surface area contributed by atoms with E-state index >= 15 is 8.78 Å². The lowest BCUT2D eigenvalue weighted by atomic mass is 9.96. The van der Waals surface area contributed by atoms with Crippen molar-refractivity contribution in [3.05, 3.63) is 97.9 Å². The van der Waals surface area contributed by atoms with Gasteiger partial charge < -0.3 is 0 Å². The van der Waals surface area contributed by atoms with E-state index in [9.17, 15) is 14.9 Å². The van der Waals surface area contributed by atoms with Crippen LogP contribution in [0, 0.1) is 29.5 Å². The summed E-state index contributed by atoms with van der Waals surface area (Å²) in [6, 6.07) is 13.3. The highest BCUT2D eigenvalue weighted by atomic mass is 19.1. The zero-order chi connectivity index (χ0) is 26.0. The van der Waals surface area contributed by atoms with Crippen LogP contribution in [-0.4, -0.2) is 18.8 Å². The number of benzene rings is 4. The van der Waals surface area contributed by atoms with Crippen molar-refractivity contribution < 1.29 is 8.78 Å². The molecule has 0 spiro atoms. The molecule has 0 saturated heterocycles. The summed E-state index contributed by atoms with van der Waals surface area (Å²) in [5, 5.41) is 11.7. The van der Waals surface area contributed by atoms with Crippen LogP contribution in [0.2, 0.25) is 0 Å². The molecule has 0 fully saturated rings. The average Bonchev–Trinajstić information content (AvgIpc) is 3.50. The first kappa shape index (κ1) is 20.5. The fourth-order valence-corrected chi connectivity index (χ4v) is 5.66. The second-order valence-electron chi connectivity index (χ2n) is 9.07. The monoisotopic (exact) mass is 498 g/mol. The maximum atomic E-state index is 15.0. The third-order valence-electron chi connectivity index (χ3n) is 7.16. The van der Waals surface area contributed by atoms with E-state index in [0.717, 1.165) is 12.1 Å². The molecule has 8 rings (SSSR count). The second-order valence-corrected chi connectivity index (χ2v) is 9.07. The van der Waals surface area contributed by atoms with E-state index < -0.39 is 22.8 Å². The molecule has 0 amide bonds. The molecule has 176 valence electrons. The van der Waals surface area contributed by atoms with Gasteiger partial charge in [-0.05, 0) is 48.5 Å². The predicted octanol–water partition coefficient (Wildman–Crippen LogP) is 5.04. The van der Waals surface area contributed by atoms with E-state index in [1.165, 1.54) is 20.9 Å². The molecule has 0 atom stereocenters. The number of fused-ring (bicyclic) bond motifs is 8. The Morgan fingerprint density at radius 2 is 1.26 bits per heavy atom. The summed E-state index contributed by atoms with van der Waals surface area (Å²) in [6.45, 7) is 7.22. The van der Waals surface area contributed by atoms with Crippen LogP contribution in [0.25, 0.3) is 70.5 Å². The number of pyridine rings is 2. The summed E-state index contributed by atoms with van der Waals surface area (Å²) in [7, 11) is 0. The molecule has 0 saturated carbocycles. The molecular formula is C28H8F2N6O2. The molecule has 0 bridgehead atoms. The zero-order valence-corrected chi connectivity index (χ0v) is 18.9. The standard InChI is InChI=1S/C28H8F2N6O2/c1-32-12-8-18(30)24-20(9-12)34-26-14-3-5-15-21-13(2-4-16(22(14)21)28(38)36(24)26)25-33-19-7-11(10-31)6-17(29)23(19)35(25)27(15)37/h2-9H. The van der Waals surface area contributed by atoms with Gasteiger partial charge in [-0.2, -0.15) is 5.26 Å². The summed E-state index contributed by atoms with van der Waals surface area (Å²) >= 11 is 0. The minimum absolute atomic E-state index is 0.0295. The summed E-state index contributed by atoms with van der Waals surface area (Å²) in [5.41, 5.74) is -0.275. The van der Waals surface area contributed by atoms with Gasteiger partial charge in [-0.3, -0.25) is 18.4 Å². The van der Waals surface area contributed by atoms with Gasteiger partial charge >= 0.3 is 0 Å². The van der Waals surface area contributed by atoms with Crippen molar-refractivity contribution in [2.45, 2.75) is 0 Å². The van der Waals surface area contributed by atoms with Gasteiger partial charge in [-0.15, -0.1) is 0 Å². The quantitative estimate of drug-likeness (QED) is 0.216. The zero-order valence-electron chi connectivity index (χ0n) is 18.9. The molecule has 0 N–H and O–H groups in total. The smallest absolute Gasteiger partial charge is 0.264 e. The highest BCUT2D eigenvalue weighted by Gasteiger charge is 2.24. The van der Waals surface area contributed by atoms with Crippen LogP contribution >= 0.6 is 0 Å². The molecule has 10 heteroatoms. The van der Waals surface area contributed by atoms with Gasteiger partial charge in [0.05, 0.1) is 29.2 Å². The van der Waals surface area contributed by atoms with Gasteiger partial charge in [0, 0.05) is 32.3 Å². The molecule has 0 aliphatic rings. The van der Waals surface area contributed by atoms with E-state index in [2.05, 4.69) is 14.8 Å². The van der Waals surface area contributed by atoms with E-state index in [1.807, 2.05) is 6.07 Å². The Hall–Kier alpha value is -5.74. The third-order valence-corrected chi connectivity index (χ3v) is 7.16. The molecule has 38 heavy (non-hydrogen) atoms. The number of aromatic nitrogens is 4. The van der Waals surface area contributed by atoms with E-state index in [0.29, 0.717) is 21.5 Å². The Morgan fingerprint density at radius 3 is 1.79 bits per heavy atom. The van der Waals surface area contributed by atoms with Crippen molar-refractivity contribution in [1.29, 1.82) is 5.26 Å². The molecule has 0 aliphatic carbocycles. The number of rotatable bonds is 0. The summed E-state index contributed by atoms with van der Waals surface area (Å²) in [4.78, 5) is 39.7. The molecule has 8 aromatic rings. The Morgan fingerprint density at radius 1 is 0.763 bits per heavy atom. The first-order chi connectivity index (χ1) is 18.4. The number of imidazole rings is 2.